The molecule has 0 spiro atoms. The Morgan fingerprint density at radius 3 is 2.82 bits per heavy atom. The van der Waals surface area contributed by atoms with E-state index in [-0.39, 0.29) is 10.8 Å². The molecular weight excluding hydrogens is 258 g/mol. The van der Waals surface area contributed by atoms with Crippen LogP contribution in [-0.2, 0) is 16.6 Å². The Morgan fingerprint density at radius 2 is 2.29 bits per heavy atom. The standard InChI is InChI=1S/C11H17NO3S2/c1-8(10-2-3-10)5-12-17(14,15)11-4-9(6-13)7-16-11/h4,7-8,10,12-13H,2-3,5-6H2,1H3. The van der Waals surface area contributed by atoms with Crippen LogP contribution < -0.4 is 4.72 Å². The second kappa shape index (κ2) is 5.06. The van der Waals surface area contributed by atoms with E-state index in [2.05, 4.69) is 11.6 Å². The highest BCUT2D eigenvalue weighted by atomic mass is 32.2. The minimum atomic E-state index is -3.39. The molecule has 0 bridgehead atoms. The molecule has 4 nitrogen and oxygen atoms in total. The highest BCUT2D eigenvalue weighted by molar-refractivity contribution is 7.91. The lowest BCUT2D eigenvalue weighted by atomic mass is 10.1. The number of nitrogens with one attached hydrogen (secondary N) is 1. The van der Waals surface area contributed by atoms with Crippen molar-refractivity contribution >= 4 is 21.4 Å². The Balaban J connectivity index is 1.97. The summed E-state index contributed by atoms with van der Waals surface area (Å²) in [5.41, 5.74) is 0.644. The van der Waals surface area contributed by atoms with Crippen LogP contribution >= 0.6 is 11.3 Å². The Labute approximate surface area is 106 Å². The van der Waals surface area contributed by atoms with E-state index in [0.717, 1.165) is 11.3 Å². The van der Waals surface area contributed by atoms with Crippen molar-refractivity contribution in [3.8, 4) is 0 Å². The molecule has 1 aliphatic rings. The molecule has 6 heteroatoms. The number of aliphatic hydroxyl groups excluding tert-OH is 1. The number of aliphatic hydroxyl groups is 1. The average Bonchev–Trinajstić information content (AvgIpc) is 3.03. The number of rotatable bonds is 6. The van der Waals surface area contributed by atoms with Gasteiger partial charge >= 0.3 is 0 Å². The Morgan fingerprint density at radius 1 is 1.59 bits per heavy atom. The molecule has 1 heterocycles. The molecule has 1 fully saturated rings. The van der Waals surface area contributed by atoms with Gasteiger partial charge in [0.2, 0.25) is 10.0 Å². The van der Waals surface area contributed by atoms with Gasteiger partial charge in [-0.25, -0.2) is 13.1 Å². The lowest BCUT2D eigenvalue weighted by Crippen LogP contribution is -2.28. The molecule has 1 aliphatic carbocycles. The third-order valence-corrected chi connectivity index (χ3v) is 6.01. The summed E-state index contributed by atoms with van der Waals surface area (Å²) in [6.07, 6.45) is 2.44. The molecule has 0 aliphatic heterocycles. The van der Waals surface area contributed by atoms with E-state index in [1.165, 1.54) is 18.9 Å². The van der Waals surface area contributed by atoms with Crippen molar-refractivity contribution in [2.24, 2.45) is 11.8 Å². The fourth-order valence-corrected chi connectivity index (χ4v) is 4.11. The van der Waals surface area contributed by atoms with Gasteiger partial charge in [-0.3, -0.25) is 0 Å². The van der Waals surface area contributed by atoms with Crippen molar-refractivity contribution in [3.63, 3.8) is 0 Å². The van der Waals surface area contributed by atoms with Gasteiger partial charge in [0.05, 0.1) is 6.61 Å². The second-order valence-corrected chi connectivity index (χ2v) is 7.50. The summed E-state index contributed by atoms with van der Waals surface area (Å²) in [6.45, 7) is 2.46. The molecule has 96 valence electrons. The van der Waals surface area contributed by atoms with Crippen LogP contribution in [0.1, 0.15) is 25.3 Å². The normalized spacial score (nSPS) is 18.2. The zero-order chi connectivity index (χ0) is 12.5. The van der Waals surface area contributed by atoms with Crippen LogP contribution in [0.3, 0.4) is 0 Å². The quantitative estimate of drug-likeness (QED) is 0.828. The van der Waals surface area contributed by atoms with E-state index in [1.807, 2.05) is 0 Å². The second-order valence-electron chi connectivity index (χ2n) is 4.60. The molecular formula is C11H17NO3S2. The average molecular weight is 275 g/mol. The van der Waals surface area contributed by atoms with Gasteiger partial charge in [0.1, 0.15) is 4.21 Å². The third-order valence-electron chi connectivity index (χ3n) is 3.10. The first kappa shape index (κ1) is 13.0. The molecule has 1 aromatic heterocycles. The maximum Gasteiger partial charge on any atom is 0.250 e. The summed E-state index contributed by atoms with van der Waals surface area (Å²) < 4.78 is 26.8. The highest BCUT2D eigenvalue weighted by Crippen LogP contribution is 2.36. The summed E-state index contributed by atoms with van der Waals surface area (Å²) in [5, 5.41) is 10.6. The van der Waals surface area contributed by atoms with Crippen LogP contribution in [-0.4, -0.2) is 20.1 Å². The molecule has 17 heavy (non-hydrogen) atoms. The van der Waals surface area contributed by atoms with Crippen molar-refractivity contribution in [2.45, 2.75) is 30.6 Å². The van der Waals surface area contributed by atoms with Crippen LogP contribution in [0.5, 0.6) is 0 Å². The van der Waals surface area contributed by atoms with Gasteiger partial charge in [0.15, 0.2) is 0 Å². The minimum Gasteiger partial charge on any atom is -0.392 e. The summed E-state index contributed by atoms with van der Waals surface area (Å²) in [6, 6.07) is 1.52. The van der Waals surface area contributed by atoms with Gasteiger partial charge in [0.25, 0.3) is 0 Å². The van der Waals surface area contributed by atoms with Crippen molar-refractivity contribution in [1.29, 1.82) is 0 Å². The smallest absolute Gasteiger partial charge is 0.250 e. The molecule has 1 aromatic rings. The van der Waals surface area contributed by atoms with Crippen LogP contribution in [0.2, 0.25) is 0 Å². The first-order valence-corrected chi connectivity index (χ1v) is 8.07. The fourth-order valence-electron chi connectivity index (χ4n) is 1.72. The molecule has 0 radical (unpaired) electrons. The van der Waals surface area contributed by atoms with Crippen molar-refractivity contribution in [3.05, 3.63) is 17.0 Å². The van der Waals surface area contributed by atoms with Crippen LogP contribution in [0, 0.1) is 11.8 Å². The zero-order valence-corrected chi connectivity index (χ0v) is 11.4. The zero-order valence-electron chi connectivity index (χ0n) is 9.72. The Bertz CT molecular complexity index is 477. The predicted octanol–water partition coefficient (Wildman–Crippen LogP) is 1.56. The van der Waals surface area contributed by atoms with Gasteiger partial charge in [0, 0.05) is 6.54 Å². The Kier molecular flexibility index (Phi) is 3.87. The largest absolute Gasteiger partial charge is 0.392 e. The van der Waals surface area contributed by atoms with Crippen molar-refractivity contribution in [1.82, 2.24) is 4.72 Å². The summed E-state index contributed by atoms with van der Waals surface area (Å²) >= 11 is 1.15. The van der Waals surface area contributed by atoms with Gasteiger partial charge in [-0.15, -0.1) is 11.3 Å². The van der Waals surface area contributed by atoms with Crippen LogP contribution in [0.25, 0.3) is 0 Å². The summed E-state index contributed by atoms with van der Waals surface area (Å²) in [7, 11) is -3.39. The SMILES string of the molecule is CC(CNS(=O)(=O)c1cc(CO)cs1)C1CC1. The van der Waals surface area contributed by atoms with E-state index in [4.69, 9.17) is 5.11 Å². The van der Waals surface area contributed by atoms with E-state index in [1.54, 1.807) is 5.38 Å². The molecule has 2 rings (SSSR count). The van der Waals surface area contributed by atoms with Crippen molar-refractivity contribution < 1.29 is 13.5 Å². The van der Waals surface area contributed by atoms with E-state index >= 15 is 0 Å². The lowest BCUT2D eigenvalue weighted by Gasteiger charge is -2.10. The van der Waals surface area contributed by atoms with Gasteiger partial charge in [-0.2, -0.15) is 0 Å². The van der Waals surface area contributed by atoms with E-state index in [9.17, 15) is 8.42 Å². The minimum absolute atomic E-state index is 0.121. The molecule has 1 saturated carbocycles. The van der Waals surface area contributed by atoms with Crippen LogP contribution in [0.4, 0.5) is 0 Å². The summed E-state index contributed by atoms with van der Waals surface area (Å²) in [4.78, 5) is 0. The molecule has 1 atom stereocenters. The molecule has 2 N–H and O–H groups in total. The van der Waals surface area contributed by atoms with Gasteiger partial charge < -0.3 is 5.11 Å². The number of hydrogen-bond acceptors (Lipinski definition) is 4. The topological polar surface area (TPSA) is 66.4 Å². The predicted molar refractivity (Wildman–Crippen MR) is 67.3 cm³/mol. The van der Waals surface area contributed by atoms with E-state index < -0.39 is 10.0 Å². The number of thiophene rings is 1. The molecule has 0 amide bonds. The molecule has 0 saturated heterocycles. The maximum atomic E-state index is 11.9. The molecule has 0 aromatic carbocycles. The number of sulfonamides is 1. The maximum absolute atomic E-state index is 11.9. The third kappa shape index (κ3) is 3.28. The monoisotopic (exact) mass is 275 g/mol. The highest BCUT2D eigenvalue weighted by Gasteiger charge is 2.29. The van der Waals surface area contributed by atoms with Gasteiger partial charge in [-0.1, -0.05) is 6.92 Å². The summed E-state index contributed by atoms with van der Waals surface area (Å²) in [5.74, 6) is 1.09. The first-order valence-electron chi connectivity index (χ1n) is 5.71. The van der Waals surface area contributed by atoms with Crippen LogP contribution in [0.15, 0.2) is 15.7 Å². The lowest BCUT2D eigenvalue weighted by molar-refractivity contribution is 0.282. The molecule has 1 unspecified atom stereocenters. The van der Waals surface area contributed by atoms with E-state index in [0.29, 0.717) is 23.9 Å². The number of hydrogen-bond donors (Lipinski definition) is 2. The fraction of sp³-hybridized carbons (Fsp3) is 0.636. The first-order chi connectivity index (χ1) is 8.03. The Hall–Kier alpha value is -0.430. The van der Waals surface area contributed by atoms with Gasteiger partial charge in [-0.05, 0) is 41.7 Å². The van der Waals surface area contributed by atoms with Crippen molar-refractivity contribution in [2.75, 3.05) is 6.54 Å².